The van der Waals surface area contributed by atoms with Crippen molar-refractivity contribution in [1.29, 1.82) is 0 Å². The molecule has 0 bridgehead atoms. The van der Waals surface area contributed by atoms with Crippen LogP contribution in [0.5, 0.6) is 0 Å². The molecule has 7 nitrogen and oxygen atoms in total. The third-order valence-corrected chi connectivity index (χ3v) is 5.78. The summed E-state index contributed by atoms with van der Waals surface area (Å²) < 4.78 is 5.33. The lowest BCUT2D eigenvalue weighted by molar-refractivity contribution is 0.100. The zero-order valence-corrected chi connectivity index (χ0v) is 17.8. The molecule has 0 aliphatic rings. The van der Waals surface area contributed by atoms with Crippen LogP contribution in [0.2, 0.25) is 0 Å². The fourth-order valence-corrected chi connectivity index (χ4v) is 4.62. The van der Waals surface area contributed by atoms with Gasteiger partial charge in [0.05, 0.1) is 12.3 Å². The first kappa shape index (κ1) is 20.6. The quantitative estimate of drug-likeness (QED) is 0.195. The summed E-state index contributed by atoms with van der Waals surface area (Å²) in [6.45, 7) is 2.20. The maximum Gasteiger partial charge on any atom is 0.273 e. The Labute approximate surface area is 183 Å². The average molecular weight is 430 g/mol. The highest BCUT2D eigenvalue weighted by Gasteiger charge is 2.27. The first-order chi connectivity index (χ1) is 15.1. The molecule has 1 amide bonds. The lowest BCUT2D eigenvalue weighted by Gasteiger charge is -2.22. The van der Waals surface area contributed by atoms with Gasteiger partial charge in [0.15, 0.2) is 0 Å². The van der Waals surface area contributed by atoms with Crippen LogP contribution >= 0.6 is 11.3 Å². The van der Waals surface area contributed by atoms with E-state index >= 15 is 0 Å². The predicted molar refractivity (Wildman–Crippen MR) is 123 cm³/mol. The second-order valence-corrected chi connectivity index (χ2v) is 7.82. The fraction of sp³-hybridized carbons (Fsp3) is 0.130. The number of azide groups is 1. The third kappa shape index (κ3) is 4.00. The van der Waals surface area contributed by atoms with E-state index < -0.39 is 0 Å². The number of thiophene rings is 1. The standard InChI is InChI=1S/C23H19N5O2S/c1-15-13-16(14-30-2)19-20(26-27-24)21(31-22(19)25-15)23(29)28(17-9-5-3-6-10-17)18-11-7-4-8-12-18/h3-13H,14H2,1-2H3. The SMILES string of the molecule is COCc1cc(C)nc2sc(C(=O)N(c3ccccc3)c3ccccc3)c(N=[N+]=[N-])c12. The first-order valence-electron chi connectivity index (χ1n) is 9.55. The summed E-state index contributed by atoms with van der Waals surface area (Å²) >= 11 is 1.22. The van der Waals surface area contributed by atoms with Crippen molar-refractivity contribution < 1.29 is 9.53 Å². The van der Waals surface area contributed by atoms with E-state index in [4.69, 9.17) is 4.74 Å². The number of pyridine rings is 1. The van der Waals surface area contributed by atoms with Crippen molar-refractivity contribution >= 4 is 44.5 Å². The summed E-state index contributed by atoms with van der Waals surface area (Å²) in [6, 6.07) is 20.6. The van der Waals surface area contributed by atoms with Crippen LogP contribution in [0.4, 0.5) is 17.1 Å². The van der Waals surface area contributed by atoms with Gasteiger partial charge >= 0.3 is 0 Å². The van der Waals surface area contributed by atoms with Crippen LogP contribution in [0.15, 0.2) is 71.8 Å². The highest BCUT2D eigenvalue weighted by atomic mass is 32.1. The van der Waals surface area contributed by atoms with Gasteiger partial charge in [0, 0.05) is 34.5 Å². The van der Waals surface area contributed by atoms with Crippen molar-refractivity contribution in [3.8, 4) is 0 Å². The summed E-state index contributed by atoms with van der Waals surface area (Å²) in [5.74, 6) is -0.288. The van der Waals surface area contributed by atoms with Crippen LogP contribution in [0.3, 0.4) is 0 Å². The van der Waals surface area contributed by atoms with Gasteiger partial charge in [-0.25, -0.2) is 4.98 Å². The van der Waals surface area contributed by atoms with Crippen LogP contribution in [-0.4, -0.2) is 18.0 Å². The number of amides is 1. The minimum atomic E-state index is -0.288. The molecule has 2 aromatic carbocycles. The van der Waals surface area contributed by atoms with Gasteiger partial charge in [-0.15, -0.1) is 11.3 Å². The Balaban J connectivity index is 1.96. The number of anilines is 2. The summed E-state index contributed by atoms with van der Waals surface area (Å²) in [5.41, 5.74) is 12.6. The molecule has 0 saturated carbocycles. The normalized spacial score (nSPS) is 10.6. The number of fused-ring (bicyclic) bond motifs is 1. The number of benzene rings is 2. The van der Waals surface area contributed by atoms with E-state index in [0.717, 1.165) is 11.3 Å². The van der Waals surface area contributed by atoms with Gasteiger partial charge in [0.25, 0.3) is 5.91 Å². The number of rotatable bonds is 6. The topological polar surface area (TPSA) is 91.2 Å². The van der Waals surface area contributed by atoms with E-state index in [1.54, 1.807) is 12.0 Å². The first-order valence-corrected chi connectivity index (χ1v) is 10.4. The Kier molecular flexibility index (Phi) is 5.95. The van der Waals surface area contributed by atoms with Crippen LogP contribution < -0.4 is 4.90 Å². The molecule has 0 aliphatic carbocycles. The van der Waals surface area contributed by atoms with Crippen molar-refractivity contribution in [2.75, 3.05) is 12.0 Å². The maximum atomic E-state index is 13.9. The van der Waals surface area contributed by atoms with Gasteiger partial charge in [-0.05, 0) is 48.4 Å². The van der Waals surface area contributed by atoms with Crippen LogP contribution in [0.25, 0.3) is 20.7 Å². The number of aryl methyl sites for hydroxylation is 1. The molecular weight excluding hydrogens is 410 g/mol. The van der Waals surface area contributed by atoms with E-state index in [9.17, 15) is 10.3 Å². The van der Waals surface area contributed by atoms with E-state index in [2.05, 4.69) is 15.0 Å². The summed E-state index contributed by atoms with van der Waals surface area (Å²) in [4.78, 5) is 24.0. The Hall–Kier alpha value is -3.71. The van der Waals surface area contributed by atoms with E-state index in [1.165, 1.54) is 11.3 Å². The van der Waals surface area contributed by atoms with Crippen molar-refractivity contribution in [2.24, 2.45) is 5.11 Å². The molecule has 0 saturated heterocycles. The fourth-order valence-electron chi connectivity index (χ4n) is 3.49. The number of hydrogen-bond acceptors (Lipinski definition) is 5. The molecule has 0 N–H and O–H groups in total. The summed E-state index contributed by atoms with van der Waals surface area (Å²) in [5, 5.41) is 4.56. The van der Waals surface area contributed by atoms with Gasteiger partial charge in [-0.3, -0.25) is 9.69 Å². The minimum absolute atomic E-state index is 0.281. The van der Waals surface area contributed by atoms with Crippen LogP contribution in [0.1, 0.15) is 20.9 Å². The predicted octanol–water partition coefficient (Wildman–Crippen LogP) is 6.67. The molecule has 31 heavy (non-hydrogen) atoms. The molecule has 0 radical (unpaired) electrons. The number of methoxy groups -OCH3 is 1. The summed E-state index contributed by atoms with van der Waals surface area (Å²) in [7, 11) is 1.60. The van der Waals surface area contributed by atoms with Crippen molar-refractivity contribution in [1.82, 2.24) is 4.98 Å². The Morgan fingerprint density at radius 1 is 1.13 bits per heavy atom. The van der Waals surface area contributed by atoms with Crippen molar-refractivity contribution in [3.63, 3.8) is 0 Å². The highest BCUT2D eigenvalue weighted by Crippen LogP contribution is 2.42. The smallest absolute Gasteiger partial charge is 0.273 e. The number of ether oxygens (including phenoxy) is 1. The average Bonchev–Trinajstić information content (AvgIpc) is 3.14. The maximum absolute atomic E-state index is 13.9. The lowest BCUT2D eigenvalue weighted by Crippen LogP contribution is -2.25. The molecule has 154 valence electrons. The monoisotopic (exact) mass is 429 g/mol. The Morgan fingerprint density at radius 2 is 1.74 bits per heavy atom. The van der Waals surface area contributed by atoms with Crippen LogP contribution in [0, 0.1) is 6.92 Å². The molecule has 2 aromatic heterocycles. The van der Waals surface area contributed by atoms with Crippen molar-refractivity contribution in [3.05, 3.63) is 93.3 Å². The number of nitrogens with zero attached hydrogens (tertiary/aromatic N) is 5. The second kappa shape index (κ2) is 8.97. The zero-order valence-electron chi connectivity index (χ0n) is 17.0. The number of hydrogen-bond donors (Lipinski definition) is 0. The number of para-hydroxylation sites is 2. The van der Waals surface area contributed by atoms with E-state index in [1.807, 2.05) is 73.7 Å². The number of aromatic nitrogens is 1. The van der Waals surface area contributed by atoms with Gasteiger partial charge in [-0.1, -0.05) is 41.5 Å². The van der Waals surface area contributed by atoms with Crippen molar-refractivity contribution in [2.45, 2.75) is 13.5 Å². The number of carbonyl (C=O) groups is 1. The van der Waals surface area contributed by atoms with Gasteiger partial charge in [0.1, 0.15) is 9.71 Å². The lowest BCUT2D eigenvalue weighted by atomic mass is 10.1. The molecule has 0 aliphatic heterocycles. The second-order valence-electron chi connectivity index (χ2n) is 6.82. The van der Waals surface area contributed by atoms with E-state index in [0.29, 0.717) is 33.1 Å². The molecule has 4 rings (SSSR count). The molecule has 0 atom stereocenters. The van der Waals surface area contributed by atoms with Gasteiger partial charge in [0.2, 0.25) is 0 Å². The zero-order chi connectivity index (χ0) is 21.8. The highest BCUT2D eigenvalue weighted by molar-refractivity contribution is 7.21. The van der Waals surface area contributed by atoms with Crippen LogP contribution in [-0.2, 0) is 11.3 Å². The molecule has 0 fully saturated rings. The Morgan fingerprint density at radius 3 is 2.29 bits per heavy atom. The Bertz CT molecular complexity index is 1240. The molecule has 0 unspecified atom stereocenters. The van der Waals surface area contributed by atoms with E-state index in [-0.39, 0.29) is 11.6 Å². The third-order valence-electron chi connectivity index (χ3n) is 4.72. The largest absolute Gasteiger partial charge is 0.380 e. The molecular formula is C23H19N5O2S. The number of carbonyl (C=O) groups excluding carboxylic acids is 1. The molecule has 8 heteroatoms. The van der Waals surface area contributed by atoms with Gasteiger partial charge < -0.3 is 4.74 Å². The minimum Gasteiger partial charge on any atom is -0.380 e. The van der Waals surface area contributed by atoms with Gasteiger partial charge in [-0.2, -0.15) is 0 Å². The molecule has 4 aromatic rings. The summed E-state index contributed by atoms with van der Waals surface area (Å²) in [6.07, 6.45) is 0. The molecule has 2 heterocycles. The molecule has 0 spiro atoms.